The molecule has 0 bridgehead atoms. The third-order valence-electron chi connectivity index (χ3n) is 3.15. The topological polar surface area (TPSA) is 29.1 Å². The van der Waals surface area contributed by atoms with E-state index >= 15 is 0 Å². The molecule has 0 fully saturated rings. The van der Waals surface area contributed by atoms with Crippen LogP contribution in [0.1, 0.15) is 32.3 Å². The molecular weight excluding hydrogens is 246 g/mol. The van der Waals surface area contributed by atoms with Crippen molar-refractivity contribution in [2.75, 3.05) is 5.32 Å². The van der Waals surface area contributed by atoms with Gasteiger partial charge < -0.3 is 5.32 Å². The van der Waals surface area contributed by atoms with Gasteiger partial charge in [-0.3, -0.25) is 4.79 Å². The molecule has 0 saturated heterocycles. The average Bonchev–Trinajstić information content (AvgIpc) is 2.20. The largest absolute Gasteiger partial charge is 0.359 e. The highest BCUT2D eigenvalue weighted by Gasteiger charge is 2.27. The molecule has 3 heteroatoms. The Bertz CT molecular complexity index is 517. The lowest BCUT2D eigenvalue weighted by Crippen LogP contribution is -2.24. The van der Waals surface area contributed by atoms with Crippen molar-refractivity contribution < 1.29 is 4.79 Å². The predicted molar refractivity (Wildman–Crippen MR) is 75.9 cm³/mol. The van der Waals surface area contributed by atoms with Gasteiger partial charge >= 0.3 is 0 Å². The zero-order chi connectivity index (χ0) is 13.3. The van der Waals surface area contributed by atoms with Crippen LogP contribution in [-0.4, -0.2) is 5.78 Å². The fourth-order valence-electron chi connectivity index (χ4n) is 2.33. The van der Waals surface area contributed by atoms with Gasteiger partial charge in [0.1, 0.15) is 0 Å². The van der Waals surface area contributed by atoms with Crippen LogP contribution in [0.15, 0.2) is 30.0 Å². The number of hydrogen-bond acceptors (Lipinski definition) is 2. The summed E-state index contributed by atoms with van der Waals surface area (Å²) in [6.07, 6.45) is 3.21. The Morgan fingerprint density at radius 1 is 1.28 bits per heavy atom. The Balaban J connectivity index is 2.24. The lowest BCUT2D eigenvalue weighted by molar-refractivity contribution is -0.117. The van der Waals surface area contributed by atoms with Gasteiger partial charge in [0, 0.05) is 28.9 Å². The minimum atomic E-state index is 0.0284. The molecule has 0 aromatic heterocycles. The molecule has 18 heavy (non-hydrogen) atoms. The van der Waals surface area contributed by atoms with E-state index in [9.17, 15) is 4.79 Å². The number of aryl methyl sites for hydroxylation is 1. The van der Waals surface area contributed by atoms with Crippen LogP contribution in [0, 0.1) is 12.3 Å². The molecule has 0 unspecified atom stereocenters. The summed E-state index contributed by atoms with van der Waals surface area (Å²) in [4.78, 5) is 11.7. The van der Waals surface area contributed by atoms with Crippen LogP contribution in [0.3, 0.4) is 0 Å². The van der Waals surface area contributed by atoms with E-state index in [1.165, 1.54) is 0 Å². The highest BCUT2D eigenvalue weighted by molar-refractivity contribution is 6.30. The highest BCUT2D eigenvalue weighted by Crippen LogP contribution is 2.34. The van der Waals surface area contributed by atoms with Gasteiger partial charge in [-0.1, -0.05) is 31.5 Å². The number of hydrogen-bond donors (Lipinski definition) is 1. The van der Waals surface area contributed by atoms with Crippen LogP contribution in [0.2, 0.25) is 5.02 Å². The van der Waals surface area contributed by atoms with Crippen molar-refractivity contribution in [1.29, 1.82) is 0 Å². The number of ketones is 1. The molecule has 2 nitrogen and oxygen atoms in total. The summed E-state index contributed by atoms with van der Waals surface area (Å²) in [7, 11) is 0. The molecule has 2 rings (SSSR count). The maximum Gasteiger partial charge on any atom is 0.157 e. The second-order valence-electron chi connectivity index (χ2n) is 5.74. The van der Waals surface area contributed by atoms with Crippen molar-refractivity contribution >= 4 is 23.1 Å². The Hall–Kier alpha value is -1.28. The van der Waals surface area contributed by atoms with Gasteiger partial charge in [-0.05, 0) is 36.5 Å². The molecule has 0 saturated carbocycles. The zero-order valence-electron chi connectivity index (χ0n) is 11.0. The van der Waals surface area contributed by atoms with E-state index in [1.54, 1.807) is 6.08 Å². The summed E-state index contributed by atoms with van der Waals surface area (Å²) in [6.45, 7) is 6.25. The van der Waals surface area contributed by atoms with Gasteiger partial charge in [-0.2, -0.15) is 0 Å². The molecular formula is C15H18ClNO. The van der Waals surface area contributed by atoms with Gasteiger partial charge in [0.15, 0.2) is 5.78 Å². The molecule has 1 N–H and O–H groups in total. The van der Waals surface area contributed by atoms with Gasteiger partial charge in [0.2, 0.25) is 0 Å². The van der Waals surface area contributed by atoms with Gasteiger partial charge in [-0.25, -0.2) is 0 Å². The lowest BCUT2D eigenvalue weighted by Gasteiger charge is -2.29. The van der Waals surface area contributed by atoms with Crippen molar-refractivity contribution in [1.82, 2.24) is 0 Å². The second-order valence-corrected chi connectivity index (χ2v) is 6.17. The number of nitrogens with one attached hydrogen (secondary N) is 1. The molecule has 1 aliphatic carbocycles. The minimum absolute atomic E-state index is 0.0284. The predicted octanol–water partition coefficient (Wildman–Crippen LogP) is 4.33. The van der Waals surface area contributed by atoms with Crippen LogP contribution in [-0.2, 0) is 4.79 Å². The van der Waals surface area contributed by atoms with Crippen molar-refractivity contribution in [2.45, 2.75) is 33.6 Å². The fraction of sp³-hybridized carbons (Fsp3) is 0.400. The Morgan fingerprint density at radius 3 is 2.67 bits per heavy atom. The first kappa shape index (κ1) is 13.2. The fourth-order valence-corrected chi connectivity index (χ4v) is 2.50. The van der Waals surface area contributed by atoms with Crippen molar-refractivity contribution in [3.63, 3.8) is 0 Å². The highest BCUT2D eigenvalue weighted by atomic mass is 35.5. The molecule has 0 radical (unpaired) electrons. The number of carbonyl (C=O) groups excluding carboxylic acids is 1. The number of halogens is 1. The van der Waals surface area contributed by atoms with Gasteiger partial charge in [0.05, 0.1) is 0 Å². The van der Waals surface area contributed by atoms with E-state index in [0.29, 0.717) is 11.4 Å². The summed E-state index contributed by atoms with van der Waals surface area (Å²) < 4.78 is 0. The third-order valence-corrected chi connectivity index (χ3v) is 3.39. The Morgan fingerprint density at radius 2 is 2.00 bits per heavy atom. The number of rotatable bonds is 2. The van der Waals surface area contributed by atoms with Crippen molar-refractivity contribution in [3.05, 3.63) is 40.6 Å². The number of anilines is 1. The molecule has 0 heterocycles. The Kier molecular flexibility index (Phi) is 3.49. The molecule has 1 aromatic rings. The number of allylic oxidation sites excluding steroid dienone is 2. The monoisotopic (exact) mass is 263 g/mol. The average molecular weight is 264 g/mol. The lowest BCUT2D eigenvalue weighted by atomic mass is 9.79. The zero-order valence-corrected chi connectivity index (χ0v) is 11.8. The summed E-state index contributed by atoms with van der Waals surface area (Å²) in [5, 5.41) is 4.03. The standard InChI is InChI=1S/C15H18ClNO/c1-10-4-5-11(16)6-14(10)17-12-7-13(18)9-15(2,3)8-12/h4-7,17H,8-9H2,1-3H3. The maximum atomic E-state index is 11.7. The van der Waals surface area contributed by atoms with Crippen LogP contribution < -0.4 is 5.32 Å². The minimum Gasteiger partial charge on any atom is -0.359 e. The van der Waals surface area contributed by atoms with E-state index in [4.69, 9.17) is 11.6 Å². The first-order valence-corrected chi connectivity index (χ1v) is 6.50. The smallest absolute Gasteiger partial charge is 0.157 e. The van der Waals surface area contributed by atoms with E-state index in [2.05, 4.69) is 19.2 Å². The summed E-state index contributed by atoms with van der Waals surface area (Å²) in [5.41, 5.74) is 3.10. The molecule has 0 atom stereocenters. The van der Waals surface area contributed by atoms with Crippen LogP contribution in [0.4, 0.5) is 5.69 Å². The summed E-state index contributed by atoms with van der Waals surface area (Å²) >= 11 is 5.99. The van der Waals surface area contributed by atoms with Gasteiger partial charge in [-0.15, -0.1) is 0 Å². The molecule has 0 aliphatic heterocycles. The second kappa shape index (κ2) is 4.77. The Labute approximate surface area is 113 Å². The van der Waals surface area contributed by atoms with Crippen LogP contribution in [0.25, 0.3) is 0 Å². The molecule has 0 amide bonds. The van der Waals surface area contributed by atoms with E-state index in [1.807, 2.05) is 25.1 Å². The number of benzene rings is 1. The molecule has 96 valence electrons. The maximum absolute atomic E-state index is 11.7. The van der Waals surface area contributed by atoms with E-state index in [-0.39, 0.29) is 11.2 Å². The summed E-state index contributed by atoms with van der Waals surface area (Å²) in [6, 6.07) is 5.73. The quantitative estimate of drug-likeness (QED) is 0.860. The van der Waals surface area contributed by atoms with Crippen molar-refractivity contribution in [2.24, 2.45) is 5.41 Å². The van der Waals surface area contributed by atoms with E-state index in [0.717, 1.165) is 23.4 Å². The van der Waals surface area contributed by atoms with Crippen molar-refractivity contribution in [3.8, 4) is 0 Å². The van der Waals surface area contributed by atoms with Crippen LogP contribution in [0.5, 0.6) is 0 Å². The first-order chi connectivity index (χ1) is 8.35. The first-order valence-electron chi connectivity index (χ1n) is 6.12. The number of carbonyl (C=O) groups is 1. The molecule has 0 spiro atoms. The van der Waals surface area contributed by atoms with E-state index < -0.39 is 0 Å². The normalized spacial score (nSPS) is 18.4. The third kappa shape index (κ3) is 3.14. The summed E-state index contributed by atoms with van der Waals surface area (Å²) in [5.74, 6) is 0.188. The van der Waals surface area contributed by atoms with Crippen LogP contribution >= 0.6 is 11.6 Å². The SMILES string of the molecule is Cc1ccc(Cl)cc1NC1=CC(=O)CC(C)(C)C1. The van der Waals surface area contributed by atoms with Gasteiger partial charge in [0.25, 0.3) is 0 Å². The molecule has 1 aliphatic rings. The molecule has 1 aromatic carbocycles.